The predicted molar refractivity (Wildman–Crippen MR) is 108 cm³/mol. The SMILES string of the molecule is CCOc1cc(C#N)cc(Br)c1OCC(=O)N(C)CCCc1ccccc1. The summed E-state index contributed by atoms with van der Waals surface area (Å²) in [5.41, 5.74) is 1.72. The van der Waals surface area contributed by atoms with Crippen molar-refractivity contribution in [3.63, 3.8) is 0 Å². The Kier molecular flexibility index (Phi) is 8.15. The summed E-state index contributed by atoms with van der Waals surface area (Å²) in [5, 5.41) is 9.07. The smallest absolute Gasteiger partial charge is 0.260 e. The van der Waals surface area contributed by atoms with Crippen molar-refractivity contribution in [3.8, 4) is 17.6 Å². The van der Waals surface area contributed by atoms with Crippen LogP contribution in [0.15, 0.2) is 46.9 Å². The summed E-state index contributed by atoms with van der Waals surface area (Å²) in [6.07, 6.45) is 1.81. The van der Waals surface area contributed by atoms with Crippen LogP contribution in [0.1, 0.15) is 24.5 Å². The molecular formula is C21H23BrN2O3. The maximum atomic E-state index is 12.4. The van der Waals surface area contributed by atoms with Crippen molar-refractivity contribution in [1.29, 1.82) is 5.26 Å². The Labute approximate surface area is 168 Å². The van der Waals surface area contributed by atoms with Gasteiger partial charge in [0, 0.05) is 19.7 Å². The second kappa shape index (κ2) is 10.6. The molecule has 0 saturated carbocycles. The molecule has 0 radical (unpaired) electrons. The molecule has 0 atom stereocenters. The Bertz CT molecular complexity index is 803. The van der Waals surface area contributed by atoms with Gasteiger partial charge in [0.1, 0.15) is 0 Å². The van der Waals surface area contributed by atoms with E-state index in [4.69, 9.17) is 14.7 Å². The van der Waals surface area contributed by atoms with E-state index in [9.17, 15) is 4.79 Å². The molecule has 0 aliphatic heterocycles. The van der Waals surface area contributed by atoms with Gasteiger partial charge in [-0.05, 0) is 47.3 Å². The number of ether oxygens (including phenoxy) is 2. The van der Waals surface area contributed by atoms with E-state index in [2.05, 4.69) is 34.1 Å². The van der Waals surface area contributed by atoms with Crippen LogP contribution in [0, 0.1) is 11.3 Å². The number of aryl methyl sites for hydroxylation is 1. The van der Waals surface area contributed by atoms with Crippen LogP contribution in [0.2, 0.25) is 0 Å². The largest absolute Gasteiger partial charge is 0.490 e. The highest BCUT2D eigenvalue weighted by Crippen LogP contribution is 2.36. The van der Waals surface area contributed by atoms with Crippen molar-refractivity contribution in [2.45, 2.75) is 19.8 Å². The zero-order valence-corrected chi connectivity index (χ0v) is 17.2. The van der Waals surface area contributed by atoms with Crippen molar-refractivity contribution in [1.82, 2.24) is 4.90 Å². The summed E-state index contributed by atoms with van der Waals surface area (Å²) in [5.74, 6) is 0.770. The minimum Gasteiger partial charge on any atom is -0.490 e. The van der Waals surface area contributed by atoms with Gasteiger partial charge in [0.05, 0.1) is 22.7 Å². The van der Waals surface area contributed by atoms with Crippen molar-refractivity contribution < 1.29 is 14.3 Å². The van der Waals surface area contributed by atoms with Crippen LogP contribution in [-0.4, -0.2) is 37.6 Å². The lowest BCUT2D eigenvalue weighted by Crippen LogP contribution is -2.32. The monoisotopic (exact) mass is 430 g/mol. The van der Waals surface area contributed by atoms with Crippen LogP contribution in [-0.2, 0) is 11.2 Å². The predicted octanol–water partition coefficient (Wildman–Crippen LogP) is 4.19. The Morgan fingerprint density at radius 2 is 1.96 bits per heavy atom. The first-order chi connectivity index (χ1) is 13.0. The number of rotatable bonds is 9. The highest BCUT2D eigenvalue weighted by atomic mass is 79.9. The van der Waals surface area contributed by atoms with Crippen LogP contribution in [0.25, 0.3) is 0 Å². The normalized spacial score (nSPS) is 10.1. The first-order valence-electron chi connectivity index (χ1n) is 8.82. The molecule has 6 heteroatoms. The zero-order chi connectivity index (χ0) is 19.6. The third-order valence-corrected chi connectivity index (χ3v) is 4.60. The molecule has 27 heavy (non-hydrogen) atoms. The molecule has 0 aromatic heterocycles. The van der Waals surface area contributed by atoms with Crippen LogP contribution >= 0.6 is 15.9 Å². The van der Waals surface area contributed by atoms with Gasteiger partial charge < -0.3 is 14.4 Å². The number of carbonyl (C=O) groups excluding carboxylic acids is 1. The lowest BCUT2D eigenvalue weighted by molar-refractivity contribution is -0.132. The molecule has 1 amide bonds. The van der Waals surface area contributed by atoms with Crippen LogP contribution in [0.3, 0.4) is 0 Å². The fourth-order valence-corrected chi connectivity index (χ4v) is 3.13. The highest BCUT2D eigenvalue weighted by Gasteiger charge is 2.16. The maximum absolute atomic E-state index is 12.4. The topological polar surface area (TPSA) is 62.6 Å². The number of nitrogens with zero attached hydrogens (tertiary/aromatic N) is 2. The van der Waals surface area contributed by atoms with Crippen LogP contribution in [0.5, 0.6) is 11.5 Å². The van der Waals surface area contributed by atoms with E-state index in [0.29, 0.717) is 34.7 Å². The molecule has 0 N–H and O–H groups in total. The van der Waals surface area contributed by atoms with E-state index in [1.165, 1.54) is 5.56 Å². The fraction of sp³-hybridized carbons (Fsp3) is 0.333. The molecule has 0 saturated heterocycles. The number of carbonyl (C=O) groups is 1. The number of benzene rings is 2. The Morgan fingerprint density at radius 1 is 1.22 bits per heavy atom. The highest BCUT2D eigenvalue weighted by molar-refractivity contribution is 9.10. The molecule has 2 rings (SSSR count). The Hall–Kier alpha value is -2.52. The number of hydrogen-bond donors (Lipinski definition) is 0. The minimum absolute atomic E-state index is 0.0909. The molecule has 0 aliphatic carbocycles. The van der Waals surface area contributed by atoms with E-state index in [1.54, 1.807) is 24.1 Å². The third-order valence-electron chi connectivity index (χ3n) is 4.01. The number of amides is 1. The van der Waals surface area contributed by atoms with Crippen LogP contribution < -0.4 is 9.47 Å². The van der Waals surface area contributed by atoms with Gasteiger partial charge in [0.15, 0.2) is 18.1 Å². The zero-order valence-electron chi connectivity index (χ0n) is 15.6. The average molecular weight is 431 g/mol. The van der Waals surface area contributed by atoms with Crippen molar-refractivity contribution in [2.75, 3.05) is 26.8 Å². The summed E-state index contributed by atoms with van der Waals surface area (Å²) in [6, 6.07) is 15.5. The van der Waals surface area contributed by atoms with Gasteiger partial charge in [-0.3, -0.25) is 4.79 Å². The maximum Gasteiger partial charge on any atom is 0.260 e. The van der Waals surface area contributed by atoms with Crippen molar-refractivity contribution in [2.24, 2.45) is 0 Å². The second-order valence-corrected chi connectivity index (χ2v) is 6.88. The van der Waals surface area contributed by atoms with E-state index in [1.807, 2.05) is 25.1 Å². The second-order valence-electron chi connectivity index (χ2n) is 6.02. The van der Waals surface area contributed by atoms with Crippen molar-refractivity contribution in [3.05, 3.63) is 58.1 Å². The van der Waals surface area contributed by atoms with Gasteiger partial charge in [-0.15, -0.1) is 0 Å². The molecular weight excluding hydrogens is 408 g/mol. The van der Waals surface area contributed by atoms with E-state index >= 15 is 0 Å². The van der Waals surface area contributed by atoms with Gasteiger partial charge in [-0.25, -0.2) is 0 Å². The molecule has 0 spiro atoms. The summed E-state index contributed by atoms with van der Waals surface area (Å²) in [4.78, 5) is 14.0. The fourth-order valence-electron chi connectivity index (χ4n) is 2.57. The average Bonchev–Trinajstić information content (AvgIpc) is 2.67. The lowest BCUT2D eigenvalue weighted by Gasteiger charge is -2.19. The van der Waals surface area contributed by atoms with E-state index in [-0.39, 0.29) is 12.5 Å². The molecule has 142 valence electrons. The molecule has 2 aromatic rings. The first-order valence-corrected chi connectivity index (χ1v) is 9.61. The third kappa shape index (κ3) is 6.30. The Morgan fingerprint density at radius 3 is 2.63 bits per heavy atom. The molecule has 0 aliphatic rings. The molecule has 0 fully saturated rings. The van der Waals surface area contributed by atoms with Gasteiger partial charge in [-0.1, -0.05) is 30.3 Å². The standard InChI is InChI=1S/C21H23BrN2O3/c1-3-26-19-13-17(14-23)12-18(22)21(19)27-15-20(25)24(2)11-7-10-16-8-5-4-6-9-16/h4-6,8-9,12-13H,3,7,10-11,15H2,1-2H3. The van der Waals surface area contributed by atoms with Gasteiger partial charge in [0.2, 0.25) is 0 Å². The number of likely N-dealkylation sites (N-methyl/N-ethyl adjacent to an activating group) is 1. The van der Waals surface area contributed by atoms with Gasteiger partial charge in [-0.2, -0.15) is 5.26 Å². The molecule has 0 heterocycles. The summed E-state index contributed by atoms with van der Waals surface area (Å²) < 4.78 is 11.8. The van der Waals surface area contributed by atoms with E-state index < -0.39 is 0 Å². The van der Waals surface area contributed by atoms with Crippen molar-refractivity contribution >= 4 is 21.8 Å². The number of nitriles is 1. The summed E-state index contributed by atoms with van der Waals surface area (Å²) in [6.45, 7) is 2.85. The summed E-state index contributed by atoms with van der Waals surface area (Å²) >= 11 is 3.38. The number of hydrogen-bond acceptors (Lipinski definition) is 4. The van der Waals surface area contributed by atoms with E-state index in [0.717, 1.165) is 12.8 Å². The number of halogens is 1. The molecule has 2 aromatic carbocycles. The van der Waals surface area contributed by atoms with Crippen LogP contribution in [0.4, 0.5) is 0 Å². The summed E-state index contributed by atoms with van der Waals surface area (Å²) in [7, 11) is 1.77. The van der Waals surface area contributed by atoms with Gasteiger partial charge >= 0.3 is 0 Å². The minimum atomic E-state index is -0.109. The molecule has 0 bridgehead atoms. The Balaban J connectivity index is 1.89. The molecule has 5 nitrogen and oxygen atoms in total. The lowest BCUT2D eigenvalue weighted by atomic mass is 10.1. The molecule has 0 unspecified atom stereocenters. The first kappa shape index (κ1) is 20.8. The quantitative estimate of drug-likeness (QED) is 0.598. The van der Waals surface area contributed by atoms with Gasteiger partial charge in [0.25, 0.3) is 5.91 Å².